The first-order valence-electron chi connectivity index (χ1n) is 5.97. The van der Waals surface area contributed by atoms with Gasteiger partial charge in [0, 0.05) is 24.9 Å². The predicted molar refractivity (Wildman–Crippen MR) is 64.1 cm³/mol. The zero-order valence-electron chi connectivity index (χ0n) is 10.2. The maximum Gasteiger partial charge on any atom is 0.111 e. The molecule has 1 rings (SSSR count). The Balaban J connectivity index is 2.28. The molecular weight excluding hydrogens is 186 g/mol. The lowest BCUT2D eigenvalue weighted by molar-refractivity contribution is 0.553. The van der Waals surface area contributed by atoms with Crippen molar-refractivity contribution in [1.29, 1.82) is 0 Å². The van der Waals surface area contributed by atoms with E-state index in [1.807, 2.05) is 6.20 Å². The first-order valence-corrected chi connectivity index (χ1v) is 5.97. The normalized spacial score (nSPS) is 11.2. The van der Waals surface area contributed by atoms with Gasteiger partial charge in [-0.2, -0.15) is 0 Å². The van der Waals surface area contributed by atoms with E-state index < -0.39 is 0 Å². The Morgan fingerprint density at radius 3 is 2.87 bits per heavy atom. The highest BCUT2D eigenvalue weighted by Crippen LogP contribution is 2.11. The van der Waals surface area contributed by atoms with Gasteiger partial charge in [0.2, 0.25) is 0 Å². The summed E-state index contributed by atoms with van der Waals surface area (Å²) in [5.74, 6) is 1.72. The lowest BCUT2D eigenvalue weighted by Gasteiger charge is -2.10. The highest BCUT2D eigenvalue weighted by atomic mass is 15.1. The van der Waals surface area contributed by atoms with Crippen molar-refractivity contribution in [2.45, 2.75) is 46.1 Å². The molecule has 3 heteroatoms. The van der Waals surface area contributed by atoms with Crippen LogP contribution in [0.2, 0.25) is 0 Å². The summed E-state index contributed by atoms with van der Waals surface area (Å²) in [4.78, 5) is 4.37. The quantitative estimate of drug-likeness (QED) is 0.699. The van der Waals surface area contributed by atoms with Crippen molar-refractivity contribution in [3.05, 3.63) is 18.2 Å². The Bertz CT molecular complexity index is 266. The second-order valence-electron chi connectivity index (χ2n) is 4.24. The molecule has 3 nitrogen and oxygen atoms in total. The van der Waals surface area contributed by atoms with Gasteiger partial charge in [-0.1, -0.05) is 20.8 Å². The maximum absolute atomic E-state index is 4.37. The van der Waals surface area contributed by atoms with Crippen LogP contribution in [0, 0.1) is 0 Å². The number of hydrogen-bond acceptors (Lipinski definition) is 2. The van der Waals surface area contributed by atoms with Gasteiger partial charge in [-0.15, -0.1) is 0 Å². The average molecular weight is 209 g/mol. The highest BCUT2D eigenvalue weighted by Gasteiger charge is 2.05. The first kappa shape index (κ1) is 12.2. The molecule has 1 heterocycles. The van der Waals surface area contributed by atoms with Crippen LogP contribution in [0.1, 0.15) is 45.4 Å². The third-order valence-electron chi connectivity index (χ3n) is 2.44. The molecular formula is C12H23N3. The van der Waals surface area contributed by atoms with Gasteiger partial charge in [0.15, 0.2) is 0 Å². The zero-order valence-corrected chi connectivity index (χ0v) is 10.2. The van der Waals surface area contributed by atoms with E-state index in [9.17, 15) is 0 Å². The van der Waals surface area contributed by atoms with Crippen LogP contribution < -0.4 is 5.32 Å². The van der Waals surface area contributed by atoms with Gasteiger partial charge < -0.3 is 9.88 Å². The van der Waals surface area contributed by atoms with Gasteiger partial charge in [-0.05, 0) is 25.9 Å². The fraction of sp³-hybridized carbons (Fsp3) is 0.750. The molecule has 0 bridgehead atoms. The van der Waals surface area contributed by atoms with Gasteiger partial charge in [0.25, 0.3) is 0 Å². The summed E-state index contributed by atoms with van der Waals surface area (Å²) >= 11 is 0. The standard InChI is InChI=1S/C12H23N3/c1-4-6-13-7-5-9-15-10-8-14-12(15)11(2)3/h8,10-11,13H,4-7,9H2,1-3H3. The number of imidazole rings is 1. The van der Waals surface area contributed by atoms with E-state index in [0.29, 0.717) is 5.92 Å². The molecule has 0 fully saturated rings. The van der Waals surface area contributed by atoms with E-state index in [1.165, 1.54) is 18.7 Å². The molecule has 0 aromatic carbocycles. The van der Waals surface area contributed by atoms with E-state index in [2.05, 4.69) is 41.8 Å². The number of aromatic nitrogens is 2. The summed E-state index contributed by atoms with van der Waals surface area (Å²) in [6, 6.07) is 0. The van der Waals surface area contributed by atoms with Crippen LogP contribution in [0.5, 0.6) is 0 Å². The number of hydrogen-bond donors (Lipinski definition) is 1. The number of aryl methyl sites for hydroxylation is 1. The van der Waals surface area contributed by atoms with Crippen molar-refractivity contribution in [3.63, 3.8) is 0 Å². The Morgan fingerprint density at radius 1 is 1.40 bits per heavy atom. The molecule has 0 atom stereocenters. The molecule has 15 heavy (non-hydrogen) atoms. The van der Waals surface area contributed by atoms with E-state index in [-0.39, 0.29) is 0 Å². The van der Waals surface area contributed by atoms with Gasteiger partial charge in [-0.25, -0.2) is 4.98 Å². The number of rotatable bonds is 7. The smallest absolute Gasteiger partial charge is 0.111 e. The fourth-order valence-corrected chi connectivity index (χ4v) is 1.69. The molecule has 1 N–H and O–H groups in total. The van der Waals surface area contributed by atoms with Crippen molar-refractivity contribution < 1.29 is 0 Å². The Labute approximate surface area is 92.9 Å². The highest BCUT2D eigenvalue weighted by molar-refractivity contribution is 4.97. The topological polar surface area (TPSA) is 29.9 Å². The summed E-state index contributed by atoms with van der Waals surface area (Å²) in [6.07, 6.45) is 6.36. The summed E-state index contributed by atoms with van der Waals surface area (Å²) in [5, 5.41) is 3.41. The van der Waals surface area contributed by atoms with E-state index in [1.54, 1.807) is 0 Å². The van der Waals surface area contributed by atoms with E-state index >= 15 is 0 Å². The molecule has 86 valence electrons. The molecule has 0 aliphatic heterocycles. The molecule has 0 spiro atoms. The zero-order chi connectivity index (χ0) is 11.1. The molecule has 0 saturated carbocycles. The van der Waals surface area contributed by atoms with Crippen LogP contribution in [0.15, 0.2) is 12.4 Å². The van der Waals surface area contributed by atoms with Crippen LogP contribution in [-0.2, 0) is 6.54 Å². The molecule has 0 aliphatic rings. The van der Waals surface area contributed by atoms with Crippen LogP contribution in [0.25, 0.3) is 0 Å². The second-order valence-corrected chi connectivity index (χ2v) is 4.24. The fourth-order valence-electron chi connectivity index (χ4n) is 1.69. The largest absolute Gasteiger partial charge is 0.335 e. The van der Waals surface area contributed by atoms with E-state index in [4.69, 9.17) is 0 Å². The third kappa shape index (κ3) is 4.04. The SMILES string of the molecule is CCCNCCCn1ccnc1C(C)C. The molecule has 1 aromatic heterocycles. The number of nitrogens with zero attached hydrogens (tertiary/aromatic N) is 2. The summed E-state index contributed by atoms with van der Waals surface area (Å²) in [5.41, 5.74) is 0. The summed E-state index contributed by atoms with van der Waals surface area (Å²) in [7, 11) is 0. The minimum Gasteiger partial charge on any atom is -0.335 e. The maximum atomic E-state index is 4.37. The van der Waals surface area contributed by atoms with Crippen molar-refractivity contribution in [3.8, 4) is 0 Å². The third-order valence-corrected chi connectivity index (χ3v) is 2.44. The lowest BCUT2D eigenvalue weighted by Crippen LogP contribution is -2.18. The predicted octanol–water partition coefficient (Wildman–Crippen LogP) is 2.40. The van der Waals surface area contributed by atoms with Gasteiger partial charge in [-0.3, -0.25) is 0 Å². The van der Waals surface area contributed by atoms with Gasteiger partial charge >= 0.3 is 0 Å². The monoisotopic (exact) mass is 209 g/mol. The number of nitrogens with one attached hydrogen (secondary N) is 1. The molecule has 0 saturated heterocycles. The molecule has 0 amide bonds. The Morgan fingerprint density at radius 2 is 2.20 bits per heavy atom. The lowest BCUT2D eigenvalue weighted by atomic mass is 10.2. The van der Waals surface area contributed by atoms with Crippen LogP contribution >= 0.6 is 0 Å². The van der Waals surface area contributed by atoms with Crippen LogP contribution in [0.4, 0.5) is 0 Å². The van der Waals surface area contributed by atoms with Crippen LogP contribution in [0.3, 0.4) is 0 Å². The minimum absolute atomic E-state index is 0.517. The van der Waals surface area contributed by atoms with Crippen molar-refractivity contribution in [2.24, 2.45) is 0 Å². The van der Waals surface area contributed by atoms with Gasteiger partial charge in [0.05, 0.1) is 0 Å². The van der Waals surface area contributed by atoms with Gasteiger partial charge in [0.1, 0.15) is 5.82 Å². The summed E-state index contributed by atoms with van der Waals surface area (Å²) in [6.45, 7) is 9.87. The Hall–Kier alpha value is -0.830. The average Bonchev–Trinajstić information content (AvgIpc) is 2.66. The summed E-state index contributed by atoms with van der Waals surface area (Å²) < 4.78 is 2.26. The molecule has 0 radical (unpaired) electrons. The minimum atomic E-state index is 0.517. The van der Waals surface area contributed by atoms with E-state index in [0.717, 1.165) is 19.6 Å². The van der Waals surface area contributed by atoms with Crippen LogP contribution in [-0.4, -0.2) is 22.6 Å². The van der Waals surface area contributed by atoms with Crippen molar-refractivity contribution in [2.75, 3.05) is 13.1 Å². The molecule has 1 aromatic rings. The van der Waals surface area contributed by atoms with Crippen molar-refractivity contribution >= 4 is 0 Å². The first-order chi connectivity index (χ1) is 7.25. The Kier molecular flexibility index (Phi) is 5.40. The second kappa shape index (κ2) is 6.62. The molecule has 0 unspecified atom stereocenters. The molecule has 0 aliphatic carbocycles. The van der Waals surface area contributed by atoms with Crippen molar-refractivity contribution in [1.82, 2.24) is 14.9 Å².